The van der Waals surface area contributed by atoms with Crippen molar-refractivity contribution in [3.05, 3.63) is 47.5 Å². The summed E-state index contributed by atoms with van der Waals surface area (Å²) in [5, 5.41) is 7.41. The predicted molar refractivity (Wildman–Crippen MR) is 105 cm³/mol. The first-order valence-corrected chi connectivity index (χ1v) is 9.93. The fraction of sp³-hybridized carbons (Fsp3) is 0.524. The number of piperidine rings is 1. The van der Waals surface area contributed by atoms with Gasteiger partial charge in [0.2, 0.25) is 0 Å². The molecule has 5 nitrogen and oxygen atoms in total. The molecule has 1 aromatic carbocycles. The number of carbonyl (C=O) groups excluding carboxylic acids is 1. The number of halogens is 1. The predicted octanol–water partition coefficient (Wildman–Crippen LogP) is 3.70. The van der Waals surface area contributed by atoms with Gasteiger partial charge in [-0.2, -0.15) is 5.10 Å². The third-order valence-electron chi connectivity index (χ3n) is 5.37. The minimum Gasteiger partial charge on any atom is -0.350 e. The lowest BCUT2D eigenvalue weighted by Gasteiger charge is -2.35. The highest BCUT2D eigenvalue weighted by Crippen LogP contribution is 2.18. The van der Waals surface area contributed by atoms with E-state index in [1.165, 1.54) is 37.8 Å². The summed E-state index contributed by atoms with van der Waals surface area (Å²) >= 11 is 0. The molecule has 0 aliphatic carbocycles. The van der Waals surface area contributed by atoms with Crippen molar-refractivity contribution >= 4 is 5.91 Å². The number of benzene rings is 1. The largest absolute Gasteiger partial charge is 0.350 e. The first-order chi connectivity index (χ1) is 13.1. The van der Waals surface area contributed by atoms with Crippen LogP contribution in [0.3, 0.4) is 0 Å². The van der Waals surface area contributed by atoms with Gasteiger partial charge in [-0.25, -0.2) is 9.07 Å². The summed E-state index contributed by atoms with van der Waals surface area (Å²) in [6.45, 7) is 6.98. The van der Waals surface area contributed by atoms with Gasteiger partial charge in [-0.05, 0) is 63.5 Å². The van der Waals surface area contributed by atoms with E-state index in [1.54, 1.807) is 23.0 Å². The molecule has 27 heavy (non-hydrogen) atoms. The van der Waals surface area contributed by atoms with E-state index in [2.05, 4.69) is 22.2 Å². The van der Waals surface area contributed by atoms with Crippen molar-refractivity contribution in [3.63, 3.8) is 0 Å². The molecule has 2 aromatic rings. The first kappa shape index (κ1) is 19.5. The smallest absolute Gasteiger partial charge is 0.254 e. The Kier molecular flexibility index (Phi) is 6.61. The maximum Gasteiger partial charge on any atom is 0.254 e. The fourth-order valence-electron chi connectivity index (χ4n) is 3.73. The van der Waals surface area contributed by atoms with Crippen molar-refractivity contribution in [2.75, 3.05) is 19.6 Å². The molecule has 2 heterocycles. The van der Waals surface area contributed by atoms with Gasteiger partial charge in [-0.3, -0.25) is 9.69 Å². The fourth-order valence-corrected chi connectivity index (χ4v) is 3.73. The molecule has 1 aliphatic rings. The third-order valence-corrected chi connectivity index (χ3v) is 5.37. The van der Waals surface area contributed by atoms with Crippen molar-refractivity contribution in [3.8, 4) is 5.69 Å². The van der Waals surface area contributed by atoms with Gasteiger partial charge < -0.3 is 5.32 Å². The minimum absolute atomic E-state index is 0.0955. The SMILES string of the molecule is CCCCN1CCCCC1CNC(=O)c1cnn(-c2ccc(F)cc2)c1C. The number of amides is 1. The summed E-state index contributed by atoms with van der Waals surface area (Å²) in [4.78, 5) is 15.2. The normalized spacial score (nSPS) is 17.8. The lowest BCUT2D eigenvalue weighted by molar-refractivity contribution is 0.0912. The maximum atomic E-state index is 13.1. The second-order valence-electron chi connectivity index (χ2n) is 7.28. The van der Waals surface area contributed by atoms with Crippen LogP contribution in [0, 0.1) is 12.7 Å². The molecule has 1 atom stereocenters. The molecule has 1 N–H and O–H groups in total. The highest BCUT2D eigenvalue weighted by Gasteiger charge is 2.23. The van der Waals surface area contributed by atoms with Crippen LogP contribution in [0.2, 0.25) is 0 Å². The summed E-state index contributed by atoms with van der Waals surface area (Å²) in [6, 6.07) is 6.52. The second kappa shape index (κ2) is 9.13. The molecule has 6 heteroatoms. The monoisotopic (exact) mass is 372 g/mol. The van der Waals surface area contributed by atoms with Crippen LogP contribution in [-0.4, -0.2) is 46.3 Å². The molecule has 146 valence electrons. The van der Waals surface area contributed by atoms with Crippen LogP contribution in [0.1, 0.15) is 55.1 Å². The molecule has 0 spiro atoms. The van der Waals surface area contributed by atoms with Gasteiger partial charge in [0.1, 0.15) is 5.82 Å². The average molecular weight is 372 g/mol. The number of nitrogens with one attached hydrogen (secondary N) is 1. The highest BCUT2D eigenvalue weighted by atomic mass is 19.1. The average Bonchev–Trinajstić information content (AvgIpc) is 3.07. The van der Waals surface area contributed by atoms with Gasteiger partial charge in [0.05, 0.1) is 23.1 Å². The van der Waals surface area contributed by atoms with E-state index in [1.807, 2.05) is 6.92 Å². The van der Waals surface area contributed by atoms with Gasteiger partial charge in [0.15, 0.2) is 0 Å². The van der Waals surface area contributed by atoms with E-state index < -0.39 is 0 Å². The van der Waals surface area contributed by atoms with Crippen molar-refractivity contribution in [2.45, 2.75) is 52.0 Å². The van der Waals surface area contributed by atoms with E-state index in [9.17, 15) is 9.18 Å². The third kappa shape index (κ3) is 4.75. The van der Waals surface area contributed by atoms with E-state index >= 15 is 0 Å². The lowest BCUT2D eigenvalue weighted by Crippen LogP contribution is -2.47. The Morgan fingerprint density at radius 3 is 2.81 bits per heavy atom. The Labute approximate surface area is 160 Å². The first-order valence-electron chi connectivity index (χ1n) is 9.93. The van der Waals surface area contributed by atoms with Crippen molar-refractivity contribution in [1.29, 1.82) is 0 Å². The lowest BCUT2D eigenvalue weighted by atomic mass is 10.0. The molecule has 1 unspecified atom stereocenters. The van der Waals surface area contributed by atoms with Crippen molar-refractivity contribution in [1.82, 2.24) is 20.0 Å². The van der Waals surface area contributed by atoms with Crippen LogP contribution in [0.4, 0.5) is 4.39 Å². The minimum atomic E-state index is -0.290. The van der Waals surface area contributed by atoms with Crippen LogP contribution >= 0.6 is 0 Å². The number of carbonyl (C=O) groups is 1. The summed E-state index contributed by atoms with van der Waals surface area (Å²) < 4.78 is 14.8. The van der Waals surface area contributed by atoms with Crippen molar-refractivity contribution in [2.24, 2.45) is 0 Å². The second-order valence-corrected chi connectivity index (χ2v) is 7.28. The Morgan fingerprint density at radius 2 is 2.07 bits per heavy atom. The van der Waals surface area contributed by atoms with Gasteiger partial charge >= 0.3 is 0 Å². The summed E-state index contributed by atoms with van der Waals surface area (Å²) in [5.41, 5.74) is 2.06. The number of hydrogen-bond acceptors (Lipinski definition) is 3. The molecule has 1 aromatic heterocycles. The van der Waals surface area contributed by atoms with Gasteiger partial charge in [-0.15, -0.1) is 0 Å². The zero-order valence-electron chi connectivity index (χ0n) is 16.2. The van der Waals surface area contributed by atoms with E-state index in [0.29, 0.717) is 18.2 Å². The number of likely N-dealkylation sites (tertiary alicyclic amines) is 1. The standard InChI is InChI=1S/C21H29FN4O/c1-3-4-12-25-13-6-5-7-19(25)14-23-21(27)20-15-24-26(16(20)2)18-10-8-17(22)9-11-18/h8-11,15,19H,3-7,12-14H2,1-2H3,(H,23,27). The summed E-state index contributed by atoms with van der Waals surface area (Å²) in [6.07, 6.45) is 7.59. The highest BCUT2D eigenvalue weighted by molar-refractivity contribution is 5.95. The van der Waals surface area contributed by atoms with E-state index in [-0.39, 0.29) is 11.7 Å². The molecule has 0 bridgehead atoms. The summed E-state index contributed by atoms with van der Waals surface area (Å²) in [5.74, 6) is -0.386. The molecule has 1 aliphatic heterocycles. The van der Waals surface area contributed by atoms with Crippen LogP contribution in [-0.2, 0) is 0 Å². The molecule has 3 rings (SSSR count). The molecule has 0 saturated carbocycles. The van der Waals surface area contributed by atoms with Gasteiger partial charge in [0, 0.05) is 12.6 Å². The molecular formula is C21H29FN4O. The van der Waals surface area contributed by atoms with E-state index in [0.717, 1.165) is 30.9 Å². The topological polar surface area (TPSA) is 50.2 Å². The van der Waals surface area contributed by atoms with E-state index in [4.69, 9.17) is 0 Å². The number of aromatic nitrogens is 2. The zero-order valence-corrected chi connectivity index (χ0v) is 16.2. The number of nitrogens with zero attached hydrogens (tertiary/aromatic N) is 3. The molecule has 1 saturated heterocycles. The quantitative estimate of drug-likeness (QED) is 0.806. The molecule has 1 fully saturated rings. The number of hydrogen-bond donors (Lipinski definition) is 1. The van der Waals surface area contributed by atoms with Gasteiger partial charge in [-0.1, -0.05) is 19.8 Å². The number of unbranched alkanes of at least 4 members (excludes halogenated alkanes) is 1. The maximum absolute atomic E-state index is 13.1. The van der Waals surface area contributed by atoms with Crippen LogP contribution < -0.4 is 5.32 Å². The summed E-state index contributed by atoms with van der Waals surface area (Å²) in [7, 11) is 0. The Balaban J connectivity index is 1.63. The van der Waals surface area contributed by atoms with Gasteiger partial charge in [0.25, 0.3) is 5.91 Å². The zero-order chi connectivity index (χ0) is 19.2. The molecule has 0 radical (unpaired) electrons. The molecular weight excluding hydrogens is 343 g/mol. The Morgan fingerprint density at radius 1 is 1.30 bits per heavy atom. The number of rotatable bonds is 7. The molecule has 1 amide bonds. The Bertz CT molecular complexity index is 756. The van der Waals surface area contributed by atoms with Crippen LogP contribution in [0.15, 0.2) is 30.5 Å². The Hall–Kier alpha value is -2.21. The van der Waals surface area contributed by atoms with Crippen LogP contribution in [0.5, 0.6) is 0 Å². The van der Waals surface area contributed by atoms with Crippen molar-refractivity contribution < 1.29 is 9.18 Å². The van der Waals surface area contributed by atoms with Crippen LogP contribution in [0.25, 0.3) is 5.69 Å².